The quantitative estimate of drug-likeness (QED) is 0.655. The minimum Gasteiger partial charge on any atom is -0.386 e. The van der Waals surface area contributed by atoms with Crippen molar-refractivity contribution in [2.45, 2.75) is 37.8 Å². The third-order valence-electron chi connectivity index (χ3n) is 5.50. The Labute approximate surface area is 175 Å². The summed E-state index contributed by atoms with van der Waals surface area (Å²) in [6, 6.07) is 13.0. The third-order valence-corrected chi connectivity index (χ3v) is 5.75. The average Bonchev–Trinajstić information content (AvgIpc) is 3.36. The number of carbonyl (C=O) groups is 1. The standard InChI is InChI=1S/C22H24ClN5O/c1-24-18-12-11-17(13-19(18)25-2)28-20(14-7-9-15(23)10-8-14)21(27-22(28)29)26-16-5-3-4-6-16/h7-13,16,20,24H,2-6H2,1H3,(H,26,27,29). The van der Waals surface area contributed by atoms with Crippen LogP contribution in [-0.2, 0) is 0 Å². The molecule has 150 valence electrons. The van der Waals surface area contributed by atoms with Gasteiger partial charge in [0.15, 0.2) is 0 Å². The molecule has 1 aliphatic heterocycles. The minimum absolute atomic E-state index is 0.200. The van der Waals surface area contributed by atoms with Gasteiger partial charge in [0.2, 0.25) is 0 Å². The highest BCUT2D eigenvalue weighted by Crippen LogP contribution is 2.37. The van der Waals surface area contributed by atoms with E-state index in [4.69, 9.17) is 16.6 Å². The predicted octanol–water partition coefficient (Wildman–Crippen LogP) is 5.33. The Bertz CT molecular complexity index is 950. The van der Waals surface area contributed by atoms with Crippen molar-refractivity contribution in [2.75, 3.05) is 17.3 Å². The molecular weight excluding hydrogens is 386 g/mol. The highest BCUT2D eigenvalue weighted by Gasteiger charge is 2.39. The molecule has 2 fully saturated rings. The van der Waals surface area contributed by atoms with Crippen LogP contribution in [0.25, 0.3) is 0 Å². The van der Waals surface area contributed by atoms with E-state index in [0.29, 0.717) is 16.5 Å². The van der Waals surface area contributed by atoms with Gasteiger partial charge in [-0.25, -0.2) is 4.79 Å². The van der Waals surface area contributed by atoms with Crippen LogP contribution in [0.5, 0.6) is 0 Å². The first-order valence-corrected chi connectivity index (χ1v) is 10.2. The molecule has 0 bridgehead atoms. The van der Waals surface area contributed by atoms with Gasteiger partial charge in [-0.15, -0.1) is 0 Å². The number of urea groups is 1. The fraction of sp³-hybridized carbons (Fsp3) is 0.318. The number of nitrogens with zero attached hydrogens (tertiary/aromatic N) is 3. The van der Waals surface area contributed by atoms with Crippen LogP contribution in [0.4, 0.5) is 21.9 Å². The summed E-state index contributed by atoms with van der Waals surface area (Å²) < 4.78 is 0. The number of anilines is 2. The van der Waals surface area contributed by atoms with Crippen molar-refractivity contribution in [3.05, 3.63) is 53.1 Å². The molecule has 1 atom stereocenters. The van der Waals surface area contributed by atoms with Crippen molar-refractivity contribution in [3.8, 4) is 0 Å². The summed E-state index contributed by atoms with van der Waals surface area (Å²) in [5, 5.41) is 6.75. The SMILES string of the molecule is C=Nc1cc(N2C(=O)NC(=NC3CCCC3)C2c2ccc(Cl)cc2)ccc1NC. The zero-order chi connectivity index (χ0) is 20.4. The van der Waals surface area contributed by atoms with Gasteiger partial charge in [-0.1, -0.05) is 36.6 Å². The highest BCUT2D eigenvalue weighted by molar-refractivity contribution is 6.30. The molecule has 0 spiro atoms. The van der Waals surface area contributed by atoms with Gasteiger partial charge in [0.25, 0.3) is 0 Å². The molecule has 2 N–H and O–H groups in total. The second kappa shape index (κ2) is 8.25. The van der Waals surface area contributed by atoms with Crippen molar-refractivity contribution in [1.29, 1.82) is 0 Å². The molecular formula is C22H24ClN5O. The lowest BCUT2D eigenvalue weighted by Crippen LogP contribution is -2.29. The van der Waals surface area contributed by atoms with Gasteiger partial charge < -0.3 is 5.32 Å². The smallest absolute Gasteiger partial charge is 0.328 e. The molecule has 1 aliphatic carbocycles. The van der Waals surface area contributed by atoms with Crippen LogP contribution in [0.2, 0.25) is 5.02 Å². The van der Waals surface area contributed by atoms with Crippen molar-refractivity contribution in [3.63, 3.8) is 0 Å². The van der Waals surface area contributed by atoms with Crippen molar-refractivity contribution in [2.24, 2.45) is 9.98 Å². The van der Waals surface area contributed by atoms with E-state index in [1.165, 1.54) is 12.8 Å². The molecule has 1 unspecified atom stereocenters. The summed E-state index contributed by atoms with van der Waals surface area (Å²) in [5.41, 5.74) is 3.23. The number of amides is 2. The summed E-state index contributed by atoms with van der Waals surface area (Å²) in [6.45, 7) is 3.65. The van der Waals surface area contributed by atoms with Gasteiger partial charge in [-0.3, -0.25) is 20.2 Å². The van der Waals surface area contributed by atoms with E-state index >= 15 is 0 Å². The third kappa shape index (κ3) is 3.85. The molecule has 2 aliphatic rings. The molecule has 1 saturated heterocycles. The van der Waals surface area contributed by atoms with Crippen molar-refractivity contribution in [1.82, 2.24) is 5.32 Å². The number of rotatable bonds is 5. The van der Waals surface area contributed by atoms with Crippen LogP contribution >= 0.6 is 11.6 Å². The maximum atomic E-state index is 13.0. The highest BCUT2D eigenvalue weighted by atomic mass is 35.5. The lowest BCUT2D eigenvalue weighted by molar-refractivity contribution is 0.252. The van der Waals surface area contributed by atoms with Crippen LogP contribution in [0.3, 0.4) is 0 Å². The largest absolute Gasteiger partial charge is 0.386 e. The molecule has 29 heavy (non-hydrogen) atoms. The molecule has 6 nitrogen and oxygen atoms in total. The van der Waals surface area contributed by atoms with Gasteiger partial charge in [0.05, 0.1) is 17.4 Å². The second-order valence-electron chi connectivity index (χ2n) is 7.32. The number of carbonyl (C=O) groups excluding carboxylic acids is 1. The molecule has 2 amide bonds. The van der Waals surface area contributed by atoms with Gasteiger partial charge in [0, 0.05) is 17.8 Å². The molecule has 1 heterocycles. The number of halogens is 1. The molecule has 2 aromatic carbocycles. The molecule has 0 aromatic heterocycles. The van der Waals surface area contributed by atoms with E-state index in [1.807, 2.05) is 49.5 Å². The normalized spacial score (nSPS) is 20.9. The van der Waals surface area contributed by atoms with E-state index < -0.39 is 0 Å². The Kier molecular flexibility index (Phi) is 5.53. The van der Waals surface area contributed by atoms with Gasteiger partial charge in [0.1, 0.15) is 11.9 Å². The molecule has 2 aromatic rings. The fourth-order valence-corrected chi connectivity index (χ4v) is 4.17. The summed E-state index contributed by atoms with van der Waals surface area (Å²) in [4.78, 5) is 23.7. The summed E-state index contributed by atoms with van der Waals surface area (Å²) in [5.74, 6) is 0.690. The van der Waals surface area contributed by atoms with E-state index in [9.17, 15) is 4.79 Å². The van der Waals surface area contributed by atoms with Crippen LogP contribution in [-0.4, -0.2) is 31.7 Å². The number of amidine groups is 1. The monoisotopic (exact) mass is 409 g/mol. The Balaban J connectivity index is 1.79. The van der Waals surface area contributed by atoms with E-state index in [1.54, 1.807) is 4.90 Å². The van der Waals surface area contributed by atoms with E-state index in [0.717, 1.165) is 29.8 Å². The lowest BCUT2D eigenvalue weighted by atomic mass is 10.0. The summed E-state index contributed by atoms with van der Waals surface area (Å²) in [6.07, 6.45) is 4.50. The van der Waals surface area contributed by atoms with Gasteiger partial charge in [-0.05, 0) is 55.5 Å². The maximum Gasteiger partial charge on any atom is 0.328 e. The first-order valence-electron chi connectivity index (χ1n) is 9.82. The summed E-state index contributed by atoms with van der Waals surface area (Å²) >= 11 is 6.09. The van der Waals surface area contributed by atoms with E-state index in [2.05, 4.69) is 22.3 Å². The number of benzene rings is 2. The molecule has 4 rings (SSSR count). The van der Waals surface area contributed by atoms with Crippen molar-refractivity contribution < 1.29 is 4.79 Å². The van der Waals surface area contributed by atoms with Gasteiger partial charge in [-0.2, -0.15) is 0 Å². The van der Waals surface area contributed by atoms with Gasteiger partial charge >= 0.3 is 6.03 Å². The number of hydrogen-bond acceptors (Lipinski definition) is 4. The van der Waals surface area contributed by atoms with Crippen LogP contribution < -0.4 is 15.5 Å². The number of aliphatic imine (C=N–C) groups is 2. The number of nitrogens with one attached hydrogen (secondary N) is 2. The zero-order valence-electron chi connectivity index (χ0n) is 16.4. The van der Waals surface area contributed by atoms with Crippen LogP contribution in [0.1, 0.15) is 37.3 Å². The van der Waals surface area contributed by atoms with Crippen LogP contribution in [0.15, 0.2) is 52.4 Å². The lowest BCUT2D eigenvalue weighted by Gasteiger charge is -2.24. The van der Waals surface area contributed by atoms with E-state index in [-0.39, 0.29) is 18.1 Å². The minimum atomic E-state index is -0.335. The number of hydrogen-bond donors (Lipinski definition) is 2. The Hall–Kier alpha value is -2.86. The van der Waals surface area contributed by atoms with Crippen LogP contribution in [0, 0.1) is 0 Å². The zero-order valence-corrected chi connectivity index (χ0v) is 17.1. The average molecular weight is 410 g/mol. The Morgan fingerprint density at radius 1 is 1.17 bits per heavy atom. The first kappa shape index (κ1) is 19.5. The molecule has 7 heteroatoms. The molecule has 0 radical (unpaired) electrons. The maximum absolute atomic E-state index is 13.0. The summed E-state index contributed by atoms with van der Waals surface area (Å²) in [7, 11) is 1.83. The molecule has 1 saturated carbocycles. The Morgan fingerprint density at radius 3 is 2.55 bits per heavy atom. The fourth-order valence-electron chi connectivity index (χ4n) is 4.04. The topological polar surface area (TPSA) is 69.1 Å². The predicted molar refractivity (Wildman–Crippen MR) is 120 cm³/mol. The first-order chi connectivity index (χ1) is 14.1. The second-order valence-corrected chi connectivity index (χ2v) is 7.75. The Morgan fingerprint density at radius 2 is 1.90 bits per heavy atom. The van der Waals surface area contributed by atoms with Crippen molar-refractivity contribution >= 4 is 47.2 Å².